The first kappa shape index (κ1) is 16.0. The third-order valence-electron chi connectivity index (χ3n) is 4.22. The molecule has 3 nitrogen and oxygen atoms in total. The zero-order valence-electron chi connectivity index (χ0n) is 13.5. The van der Waals surface area contributed by atoms with Crippen LogP contribution >= 0.6 is 11.6 Å². The molecule has 3 rings (SSSR count). The number of piperazine rings is 1. The van der Waals surface area contributed by atoms with E-state index >= 15 is 0 Å². The van der Waals surface area contributed by atoms with Crippen LogP contribution in [0.5, 0.6) is 0 Å². The van der Waals surface area contributed by atoms with Gasteiger partial charge in [0.25, 0.3) is 0 Å². The Morgan fingerprint density at radius 1 is 1.00 bits per heavy atom. The molecule has 0 saturated carbocycles. The Balaban J connectivity index is 1.50. The van der Waals surface area contributed by atoms with Crippen molar-refractivity contribution in [2.45, 2.75) is 13.5 Å². The van der Waals surface area contributed by atoms with E-state index < -0.39 is 0 Å². The van der Waals surface area contributed by atoms with Gasteiger partial charge in [-0.15, -0.1) is 0 Å². The fourth-order valence-electron chi connectivity index (χ4n) is 2.73. The predicted molar refractivity (Wildman–Crippen MR) is 97.1 cm³/mol. The first-order chi connectivity index (χ1) is 11.2. The molecule has 0 N–H and O–H groups in total. The van der Waals surface area contributed by atoms with Gasteiger partial charge in [-0.1, -0.05) is 48.0 Å². The molecule has 120 valence electrons. The number of hydrazone groups is 1. The van der Waals surface area contributed by atoms with Gasteiger partial charge >= 0.3 is 0 Å². The quantitative estimate of drug-likeness (QED) is 0.795. The van der Waals surface area contributed by atoms with E-state index in [0.717, 1.165) is 37.7 Å². The number of aryl methyl sites for hydroxylation is 1. The van der Waals surface area contributed by atoms with Gasteiger partial charge in [-0.3, -0.25) is 9.91 Å². The highest BCUT2D eigenvalue weighted by Gasteiger charge is 2.15. The number of rotatable bonds is 4. The van der Waals surface area contributed by atoms with Crippen molar-refractivity contribution in [3.8, 4) is 0 Å². The van der Waals surface area contributed by atoms with E-state index in [1.165, 1.54) is 16.7 Å². The summed E-state index contributed by atoms with van der Waals surface area (Å²) >= 11 is 5.93. The summed E-state index contributed by atoms with van der Waals surface area (Å²) in [5.41, 5.74) is 3.76. The van der Waals surface area contributed by atoms with Crippen LogP contribution in [0.1, 0.15) is 16.7 Å². The van der Waals surface area contributed by atoms with Gasteiger partial charge in [0.1, 0.15) is 0 Å². The summed E-state index contributed by atoms with van der Waals surface area (Å²) in [6, 6.07) is 16.5. The molecule has 0 unspecified atom stereocenters. The van der Waals surface area contributed by atoms with Crippen molar-refractivity contribution in [2.24, 2.45) is 5.10 Å². The third kappa shape index (κ3) is 4.57. The summed E-state index contributed by atoms with van der Waals surface area (Å²) in [7, 11) is 0. The van der Waals surface area contributed by atoms with Gasteiger partial charge in [0.2, 0.25) is 0 Å². The molecule has 2 aromatic carbocycles. The van der Waals surface area contributed by atoms with Crippen molar-refractivity contribution in [1.29, 1.82) is 0 Å². The van der Waals surface area contributed by atoms with Crippen LogP contribution in [-0.2, 0) is 6.54 Å². The van der Waals surface area contributed by atoms with E-state index in [1.54, 1.807) is 0 Å². The Morgan fingerprint density at radius 2 is 1.70 bits per heavy atom. The molecule has 0 bridgehead atoms. The molecule has 0 aromatic heterocycles. The molecule has 23 heavy (non-hydrogen) atoms. The minimum atomic E-state index is 0.795. The summed E-state index contributed by atoms with van der Waals surface area (Å²) < 4.78 is 0. The molecule has 0 radical (unpaired) electrons. The van der Waals surface area contributed by atoms with Gasteiger partial charge in [-0.25, -0.2) is 0 Å². The lowest BCUT2D eigenvalue weighted by Crippen LogP contribution is -2.43. The minimum absolute atomic E-state index is 0.795. The second kappa shape index (κ2) is 7.62. The topological polar surface area (TPSA) is 18.8 Å². The zero-order valence-corrected chi connectivity index (χ0v) is 14.2. The summed E-state index contributed by atoms with van der Waals surface area (Å²) in [5, 5.41) is 7.58. The van der Waals surface area contributed by atoms with Crippen molar-refractivity contribution in [3.63, 3.8) is 0 Å². The van der Waals surface area contributed by atoms with E-state index in [0.29, 0.717) is 0 Å². The van der Waals surface area contributed by atoms with E-state index in [1.807, 2.05) is 18.3 Å². The summed E-state index contributed by atoms with van der Waals surface area (Å²) in [6.45, 7) is 7.10. The molecule has 1 aliphatic heterocycles. The van der Waals surface area contributed by atoms with E-state index in [4.69, 9.17) is 11.6 Å². The van der Waals surface area contributed by atoms with Crippen molar-refractivity contribution < 1.29 is 0 Å². The van der Waals surface area contributed by atoms with Gasteiger partial charge in [0.05, 0.1) is 6.21 Å². The molecule has 0 amide bonds. The summed E-state index contributed by atoms with van der Waals surface area (Å²) in [5.74, 6) is 0. The van der Waals surface area contributed by atoms with Gasteiger partial charge in [0.15, 0.2) is 0 Å². The van der Waals surface area contributed by atoms with Crippen LogP contribution in [-0.4, -0.2) is 42.3 Å². The Morgan fingerprint density at radius 3 is 2.39 bits per heavy atom. The average Bonchev–Trinajstić information content (AvgIpc) is 2.58. The Hall–Kier alpha value is -1.84. The highest BCUT2D eigenvalue weighted by Crippen LogP contribution is 2.13. The molecule has 1 aliphatic rings. The third-order valence-corrected chi connectivity index (χ3v) is 4.47. The van der Waals surface area contributed by atoms with Crippen molar-refractivity contribution in [1.82, 2.24) is 9.91 Å². The Bertz CT molecular complexity index is 659. The lowest BCUT2D eigenvalue weighted by molar-refractivity contribution is 0.131. The standard InChI is InChI=1S/C19H22ClN3/c1-16-4-2-3-5-18(16)14-21-23-12-10-22(11-13-23)15-17-6-8-19(20)9-7-17/h2-9,14H,10-13,15H2,1H3/b21-14-. The average molecular weight is 328 g/mol. The van der Waals surface area contributed by atoms with Crippen LogP contribution in [0.4, 0.5) is 0 Å². The van der Waals surface area contributed by atoms with E-state index in [9.17, 15) is 0 Å². The number of hydrogen-bond donors (Lipinski definition) is 0. The fraction of sp³-hybridized carbons (Fsp3) is 0.316. The van der Waals surface area contributed by atoms with Gasteiger partial charge in [-0.2, -0.15) is 5.10 Å². The second-order valence-corrected chi connectivity index (χ2v) is 6.39. The summed E-state index contributed by atoms with van der Waals surface area (Å²) in [4.78, 5) is 2.46. The van der Waals surface area contributed by atoms with Crippen LogP contribution in [0.25, 0.3) is 0 Å². The molecular formula is C19H22ClN3. The lowest BCUT2D eigenvalue weighted by Gasteiger charge is -2.33. The van der Waals surface area contributed by atoms with Crippen LogP contribution in [0.3, 0.4) is 0 Å². The normalized spacial score (nSPS) is 16.2. The number of hydrogen-bond acceptors (Lipinski definition) is 3. The van der Waals surface area contributed by atoms with Gasteiger partial charge in [-0.05, 0) is 35.7 Å². The minimum Gasteiger partial charge on any atom is -0.295 e. The van der Waals surface area contributed by atoms with E-state index in [-0.39, 0.29) is 0 Å². The Labute approximate surface area is 143 Å². The molecule has 1 heterocycles. The maximum atomic E-state index is 5.93. The Kier molecular flexibility index (Phi) is 5.31. The number of halogens is 1. The number of benzene rings is 2. The van der Waals surface area contributed by atoms with Crippen LogP contribution in [0.2, 0.25) is 5.02 Å². The van der Waals surface area contributed by atoms with Crippen molar-refractivity contribution >= 4 is 17.8 Å². The van der Waals surface area contributed by atoms with Crippen LogP contribution < -0.4 is 0 Å². The second-order valence-electron chi connectivity index (χ2n) is 5.96. The maximum Gasteiger partial charge on any atom is 0.0545 e. The molecule has 0 atom stereocenters. The highest BCUT2D eigenvalue weighted by molar-refractivity contribution is 6.30. The molecule has 0 spiro atoms. The molecule has 1 fully saturated rings. The van der Waals surface area contributed by atoms with E-state index in [2.05, 4.69) is 58.3 Å². The van der Waals surface area contributed by atoms with Crippen molar-refractivity contribution in [3.05, 3.63) is 70.2 Å². The monoisotopic (exact) mass is 327 g/mol. The van der Waals surface area contributed by atoms with Crippen LogP contribution in [0, 0.1) is 6.92 Å². The predicted octanol–water partition coefficient (Wildman–Crippen LogP) is 3.80. The molecule has 1 saturated heterocycles. The maximum absolute atomic E-state index is 5.93. The largest absolute Gasteiger partial charge is 0.295 e. The fourth-order valence-corrected chi connectivity index (χ4v) is 2.86. The molecule has 0 aliphatic carbocycles. The molecular weight excluding hydrogens is 306 g/mol. The van der Waals surface area contributed by atoms with Gasteiger partial charge in [0, 0.05) is 37.7 Å². The first-order valence-corrected chi connectivity index (χ1v) is 8.40. The zero-order chi connectivity index (χ0) is 16.1. The molecule has 2 aromatic rings. The first-order valence-electron chi connectivity index (χ1n) is 8.02. The SMILES string of the molecule is Cc1ccccc1/C=N\N1CCN(Cc2ccc(Cl)cc2)CC1. The van der Waals surface area contributed by atoms with Gasteiger partial charge < -0.3 is 0 Å². The molecule has 4 heteroatoms. The summed E-state index contributed by atoms with van der Waals surface area (Å²) in [6.07, 6.45) is 1.98. The van der Waals surface area contributed by atoms with Crippen molar-refractivity contribution in [2.75, 3.05) is 26.2 Å². The lowest BCUT2D eigenvalue weighted by atomic mass is 10.1. The number of nitrogens with zero attached hydrogens (tertiary/aromatic N) is 3. The van der Waals surface area contributed by atoms with Crippen LogP contribution in [0.15, 0.2) is 53.6 Å². The smallest absolute Gasteiger partial charge is 0.0545 e. The highest BCUT2D eigenvalue weighted by atomic mass is 35.5.